The van der Waals surface area contributed by atoms with Crippen LogP contribution in [0.5, 0.6) is 0 Å². The van der Waals surface area contributed by atoms with Gasteiger partial charge in [-0.3, -0.25) is 53.3 Å². The number of carbonyl (C=O) groups excluding carboxylic acids is 13. The summed E-state index contributed by atoms with van der Waals surface area (Å²) in [4.78, 5) is 191. The zero-order valence-electron chi connectivity index (χ0n) is 65.1. The minimum Gasteiger partial charge on any atom is -0.458 e. The summed E-state index contributed by atoms with van der Waals surface area (Å²) in [7, 11) is 0. The lowest BCUT2D eigenvalue weighted by Crippen LogP contribution is -2.63. The standard InChI is InChI=1S/C41H51F2N7O9.C40H53N7O8/c1-21-8-10-28(11-9-21)45-41(58)46-30(16-25-14-26(42)17-27(43)15-25)35(52)47-34-24(4)59-40(57)33-13-22(2)19-49(33)37(54)23(3)44-36(53)31-7-5-6-12-48(31)38(55)32-18-29(51)20-50(32)39(34)56;1-24-18-33-40(54)55-26(3)34(44-35(49)30(19-27-12-6-4-7-13-27)42-23-41-28-14-8-5-9-15-28)39(53)47-22-29(48)20-32(47)38(52)45-17-11-10-16-31(45)36(50)43-25(2)37(51)46(33)21-24/h8-11,14-15,17,22-24,29-34,51H,5-7,12-13,16,18-20H2,1-4H3,(H,44,53)(H,47,52)(H2,45,46,58);4-9,12-15,24-26,29-34,41-42,48H,10-11,16-23H2,1-3H3,(H,43,50)(H,44,49)/t22-,23+,24+,29+,30+,31+,32+,33+,34+;24-,25+,26+,29-,30+,31+,32+,33+,34+/m11/s1. The second-order valence-electron chi connectivity index (χ2n) is 31.5. The van der Waals surface area contributed by atoms with Crippen molar-refractivity contribution in [2.45, 2.75) is 222 Å². The van der Waals surface area contributed by atoms with Gasteiger partial charge in [-0.2, -0.15) is 0 Å². The lowest BCUT2D eigenvalue weighted by molar-refractivity contribution is -0.163. The molecule has 8 aliphatic rings. The number of hydrogen-bond acceptors (Lipinski definition) is 19. The fourth-order valence-electron chi connectivity index (χ4n) is 16.5. The first-order chi connectivity index (χ1) is 54.4. The maximum absolute atomic E-state index is 14.7. The van der Waals surface area contributed by atoms with Crippen LogP contribution in [0.1, 0.15) is 122 Å². The molecule has 10 N–H and O–H groups in total. The number of rotatable bonds is 14. The van der Waals surface area contributed by atoms with Crippen molar-refractivity contribution < 1.29 is 90.8 Å². The molecule has 33 heteroatoms. The van der Waals surface area contributed by atoms with Crippen molar-refractivity contribution in [1.82, 2.24) is 61.3 Å². The smallest absolute Gasteiger partial charge is 0.329 e. The number of nitrogens with zero attached hydrogens (tertiary/aromatic N) is 6. The number of aryl methyl sites for hydroxylation is 1. The Kier molecular flexibility index (Phi) is 27.7. The molecule has 12 rings (SSSR count). The first-order valence-corrected chi connectivity index (χ1v) is 39.4. The number of cyclic esters (lactones) is 2. The van der Waals surface area contributed by atoms with Gasteiger partial charge < -0.3 is 86.3 Å². The van der Waals surface area contributed by atoms with Crippen LogP contribution < -0.4 is 42.5 Å². The molecule has 0 unspecified atom stereocenters. The number of aliphatic hydroxyl groups excluding tert-OH is 2. The topological polar surface area (TPSA) is 397 Å². The highest BCUT2D eigenvalue weighted by atomic mass is 19.1. The lowest BCUT2D eigenvalue weighted by Gasteiger charge is -2.39. The number of carbonyl (C=O) groups is 13. The van der Waals surface area contributed by atoms with Crippen molar-refractivity contribution in [3.8, 4) is 0 Å². The molecule has 0 spiro atoms. The molecule has 0 aromatic heterocycles. The summed E-state index contributed by atoms with van der Waals surface area (Å²) >= 11 is 0. The molecule has 0 radical (unpaired) electrons. The summed E-state index contributed by atoms with van der Waals surface area (Å²) in [5, 5.41) is 44.3. The molecule has 114 heavy (non-hydrogen) atoms. The van der Waals surface area contributed by atoms with Crippen LogP contribution in [0.15, 0.2) is 103 Å². The third kappa shape index (κ3) is 20.5. The maximum Gasteiger partial charge on any atom is 0.329 e. The van der Waals surface area contributed by atoms with Gasteiger partial charge in [0.2, 0.25) is 59.1 Å². The van der Waals surface area contributed by atoms with Crippen LogP contribution >= 0.6 is 0 Å². The fraction of sp³-hybridized carbons (Fsp3) is 0.543. The van der Waals surface area contributed by atoms with Crippen LogP contribution in [-0.2, 0) is 79.8 Å². The lowest BCUT2D eigenvalue weighted by atomic mass is 9.98. The van der Waals surface area contributed by atoms with E-state index in [4.69, 9.17) is 9.47 Å². The van der Waals surface area contributed by atoms with Gasteiger partial charge in [-0.1, -0.05) is 80.1 Å². The molecule has 8 saturated heterocycles. The predicted molar refractivity (Wildman–Crippen MR) is 409 cm³/mol. The number of anilines is 2. The highest BCUT2D eigenvalue weighted by Gasteiger charge is 2.52. The van der Waals surface area contributed by atoms with E-state index in [2.05, 4.69) is 42.5 Å². The summed E-state index contributed by atoms with van der Waals surface area (Å²) in [6, 6.07) is 13.3. The molecule has 8 heterocycles. The van der Waals surface area contributed by atoms with Gasteiger partial charge in [-0.05, 0) is 152 Å². The Morgan fingerprint density at radius 3 is 1.39 bits per heavy atom. The zero-order chi connectivity index (χ0) is 81.9. The van der Waals surface area contributed by atoms with Crippen molar-refractivity contribution in [2.24, 2.45) is 11.8 Å². The number of fused-ring (bicyclic) bond motifs is 6. The second-order valence-corrected chi connectivity index (χ2v) is 31.5. The molecule has 31 nitrogen and oxygen atoms in total. The van der Waals surface area contributed by atoms with E-state index < -0.39 is 192 Å². The van der Waals surface area contributed by atoms with Crippen LogP contribution in [0.25, 0.3) is 0 Å². The number of benzene rings is 4. The van der Waals surface area contributed by atoms with Gasteiger partial charge in [0.05, 0.1) is 24.9 Å². The third-order valence-electron chi connectivity index (χ3n) is 22.4. The van der Waals surface area contributed by atoms with Crippen LogP contribution in [0, 0.1) is 30.4 Å². The Hall–Kier alpha value is -10.7. The van der Waals surface area contributed by atoms with Gasteiger partial charge >= 0.3 is 18.0 Å². The molecule has 8 fully saturated rings. The SMILES string of the molecule is C[C@@H]1C[C@H]2C(=O)O[C@@H](C)[C@H](NC(=O)[C@H](Cc3ccccc3)NCNc3ccccc3)C(=O)N3C[C@H](O)C[C@H]3C(=O)N3CCCC[C@H]3C(=O)N[C@@H](C)C(=O)N2C1.Cc1ccc(NC(=O)N[C@@H](Cc2cc(F)cc(F)c2)C(=O)N[C@@H]2C(=O)N3C[C@@H](O)C[C@H]3C(=O)N3CCCC[C@H]3C(=O)N[C@@H](C)C(=O)N3C[C@H](C)C[C@H]3C(=O)O[C@H]2C)cc1. The summed E-state index contributed by atoms with van der Waals surface area (Å²) in [5.41, 5.74) is 2.98. The van der Waals surface area contributed by atoms with E-state index in [1.165, 1.54) is 45.3 Å². The minimum atomic E-state index is -1.74. The number of aliphatic hydroxyl groups is 2. The Bertz CT molecular complexity index is 4190. The van der Waals surface area contributed by atoms with E-state index in [0.29, 0.717) is 50.3 Å². The number of para-hydroxylation sites is 1. The molecular formula is C81H104F2N14O17. The molecular weight excluding hydrogens is 1480 g/mol. The normalized spacial score (nSPS) is 29.1. The van der Waals surface area contributed by atoms with Crippen LogP contribution in [0.4, 0.5) is 25.0 Å². The number of ether oxygens (including phenoxy) is 2. The van der Waals surface area contributed by atoms with Gasteiger partial charge in [0, 0.05) is 76.0 Å². The van der Waals surface area contributed by atoms with Crippen molar-refractivity contribution in [1.29, 1.82) is 0 Å². The Balaban J connectivity index is 0.000000225. The largest absolute Gasteiger partial charge is 0.458 e. The van der Waals surface area contributed by atoms with Crippen molar-refractivity contribution in [2.75, 3.05) is 56.6 Å². The van der Waals surface area contributed by atoms with E-state index in [0.717, 1.165) is 33.8 Å². The number of halogens is 2. The Labute approximate surface area is 660 Å². The first kappa shape index (κ1) is 84.2. The number of piperidine rings is 2. The van der Waals surface area contributed by atoms with Gasteiger partial charge in [0.1, 0.15) is 90.3 Å². The maximum atomic E-state index is 14.7. The van der Waals surface area contributed by atoms with Gasteiger partial charge in [0.15, 0.2) is 0 Å². The third-order valence-corrected chi connectivity index (χ3v) is 22.4. The highest BCUT2D eigenvalue weighted by Crippen LogP contribution is 2.33. The molecule has 4 aromatic rings. The number of nitrogens with one attached hydrogen (secondary N) is 8. The number of amides is 12. The van der Waals surface area contributed by atoms with E-state index in [1.54, 1.807) is 31.2 Å². The molecule has 4 aromatic carbocycles. The zero-order valence-corrected chi connectivity index (χ0v) is 65.1. The molecule has 0 bridgehead atoms. The van der Waals surface area contributed by atoms with Crippen LogP contribution in [0.3, 0.4) is 0 Å². The first-order valence-electron chi connectivity index (χ1n) is 39.4. The number of urea groups is 1. The fourth-order valence-corrected chi connectivity index (χ4v) is 16.5. The molecule has 18 atom stereocenters. The molecule has 614 valence electrons. The van der Waals surface area contributed by atoms with Gasteiger partial charge in [-0.15, -0.1) is 0 Å². The number of hydrogen-bond donors (Lipinski definition) is 10. The van der Waals surface area contributed by atoms with E-state index in [9.17, 15) is 81.3 Å². The molecule has 0 aliphatic carbocycles. The van der Waals surface area contributed by atoms with Crippen molar-refractivity contribution >= 4 is 88.4 Å². The summed E-state index contributed by atoms with van der Waals surface area (Å²) in [6.45, 7) is 12.0. The Morgan fingerprint density at radius 1 is 0.482 bits per heavy atom. The van der Waals surface area contributed by atoms with Crippen molar-refractivity contribution in [3.05, 3.63) is 131 Å². The average Bonchev–Trinajstić information content (AvgIpc) is 1.80. The minimum absolute atomic E-state index is 0.00938. The molecule has 8 aliphatic heterocycles. The predicted octanol–water partition coefficient (Wildman–Crippen LogP) is 2.29. The Morgan fingerprint density at radius 2 is 0.921 bits per heavy atom. The quantitative estimate of drug-likeness (QED) is 0.0639. The van der Waals surface area contributed by atoms with E-state index >= 15 is 0 Å². The monoisotopic (exact) mass is 1580 g/mol. The summed E-state index contributed by atoms with van der Waals surface area (Å²) in [5.74, 6) is -10.1. The summed E-state index contributed by atoms with van der Waals surface area (Å²) in [6.07, 6.45) is -1.70. The van der Waals surface area contributed by atoms with Gasteiger partial charge in [-0.25, -0.2) is 23.2 Å². The van der Waals surface area contributed by atoms with E-state index in [1.807, 2.05) is 81.4 Å². The summed E-state index contributed by atoms with van der Waals surface area (Å²) < 4.78 is 40.5. The molecule has 12 amide bonds. The van der Waals surface area contributed by atoms with E-state index in [-0.39, 0.29) is 95.4 Å². The number of esters is 2. The van der Waals surface area contributed by atoms with Gasteiger partial charge in [0.25, 0.3) is 0 Å². The molecule has 0 saturated carbocycles. The highest BCUT2D eigenvalue weighted by molar-refractivity contribution is 6.01. The van der Waals surface area contributed by atoms with Crippen molar-refractivity contribution in [3.63, 3.8) is 0 Å². The average molecular weight is 1580 g/mol. The second kappa shape index (κ2) is 37.5. The van der Waals surface area contributed by atoms with Crippen LogP contribution in [0.2, 0.25) is 0 Å². The van der Waals surface area contributed by atoms with Crippen LogP contribution in [-0.4, -0.2) is 260 Å².